The summed E-state index contributed by atoms with van der Waals surface area (Å²) < 4.78 is 13.0. The van der Waals surface area contributed by atoms with E-state index < -0.39 is 6.17 Å². The van der Waals surface area contributed by atoms with Gasteiger partial charge in [-0.05, 0) is 38.9 Å². The fourth-order valence-electron chi connectivity index (χ4n) is 1.90. The zero-order chi connectivity index (χ0) is 10.4. The van der Waals surface area contributed by atoms with Crippen LogP contribution in [0.1, 0.15) is 33.1 Å². The zero-order valence-electron chi connectivity index (χ0n) is 9.43. The lowest BCUT2D eigenvalue weighted by Crippen LogP contribution is -2.38. The van der Waals surface area contributed by atoms with Gasteiger partial charge in [0.15, 0.2) is 0 Å². The van der Waals surface area contributed by atoms with E-state index in [-0.39, 0.29) is 0 Å². The number of halogens is 1. The minimum atomic E-state index is -0.582. The van der Waals surface area contributed by atoms with Crippen LogP contribution < -0.4 is 5.32 Å². The van der Waals surface area contributed by atoms with Crippen LogP contribution >= 0.6 is 0 Å². The maximum Gasteiger partial charge on any atom is 0.113 e. The Morgan fingerprint density at radius 3 is 2.93 bits per heavy atom. The van der Waals surface area contributed by atoms with Crippen LogP contribution in [0.15, 0.2) is 0 Å². The van der Waals surface area contributed by atoms with E-state index in [0.29, 0.717) is 12.6 Å². The van der Waals surface area contributed by atoms with Gasteiger partial charge in [0.1, 0.15) is 6.17 Å². The molecule has 1 unspecified atom stereocenters. The number of hydrogen-bond acceptors (Lipinski definition) is 2. The second-order valence-electron chi connectivity index (χ2n) is 4.50. The molecular formula is C11H23FN2. The molecule has 1 rings (SSSR count). The molecule has 0 aromatic carbocycles. The van der Waals surface area contributed by atoms with Crippen molar-refractivity contribution in [3.8, 4) is 0 Å². The van der Waals surface area contributed by atoms with Crippen LogP contribution in [0.3, 0.4) is 0 Å². The van der Waals surface area contributed by atoms with Gasteiger partial charge in [0, 0.05) is 12.6 Å². The molecule has 0 saturated carbocycles. The van der Waals surface area contributed by atoms with E-state index in [1.165, 1.54) is 0 Å². The predicted molar refractivity (Wildman–Crippen MR) is 58.3 cm³/mol. The summed E-state index contributed by atoms with van der Waals surface area (Å²) in [4.78, 5) is 2.25. The molecule has 1 aliphatic rings. The molecule has 3 heteroatoms. The third-order valence-electron chi connectivity index (χ3n) is 2.65. The molecule has 14 heavy (non-hydrogen) atoms. The summed E-state index contributed by atoms with van der Waals surface area (Å²) in [5.74, 6) is 0. The number of nitrogens with one attached hydrogen (secondary N) is 1. The maximum atomic E-state index is 13.0. The lowest BCUT2D eigenvalue weighted by Gasteiger charge is -2.28. The lowest BCUT2D eigenvalue weighted by molar-refractivity contribution is 0.137. The molecule has 1 saturated heterocycles. The molecule has 0 aromatic rings. The smallest absolute Gasteiger partial charge is 0.113 e. The van der Waals surface area contributed by atoms with Crippen molar-refractivity contribution in [2.45, 2.75) is 45.3 Å². The molecule has 0 amide bonds. The van der Waals surface area contributed by atoms with Crippen LogP contribution in [0.5, 0.6) is 0 Å². The zero-order valence-corrected chi connectivity index (χ0v) is 9.43. The Morgan fingerprint density at radius 2 is 2.29 bits per heavy atom. The average molecular weight is 202 g/mol. The van der Waals surface area contributed by atoms with Gasteiger partial charge in [-0.1, -0.05) is 13.8 Å². The van der Waals surface area contributed by atoms with Crippen molar-refractivity contribution in [3.05, 3.63) is 0 Å². The quantitative estimate of drug-likeness (QED) is 0.684. The van der Waals surface area contributed by atoms with E-state index in [2.05, 4.69) is 24.1 Å². The Kier molecular flexibility index (Phi) is 5.41. The molecular weight excluding hydrogens is 179 g/mol. The normalized spacial score (nSPS) is 24.4. The summed E-state index contributed by atoms with van der Waals surface area (Å²) in [7, 11) is 0. The first-order valence-electron chi connectivity index (χ1n) is 5.78. The van der Waals surface area contributed by atoms with Gasteiger partial charge >= 0.3 is 0 Å². The van der Waals surface area contributed by atoms with Crippen molar-refractivity contribution < 1.29 is 4.39 Å². The molecule has 0 spiro atoms. The molecule has 1 aliphatic heterocycles. The van der Waals surface area contributed by atoms with Crippen molar-refractivity contribution in [2.75, 3.05) is 26.2 Å². The van der Waals surface area contributed by atoms with E-state index in [4.69, 9.17) is 0 Å². The highest BCUT2D eigenvalue weighted by molar-refractivity contribution is 4.72. The van der Waals surface area contributed by atoms with Crippen LogP contribution in [0.25, 0.3) is 0 Å². The third kappa shape index (κ3) is 4.91. The number of nitrogens with zero attached hydrogens (tertiary/aromatic N) is 1. The van der Waals surface area contributed by atoms with Crippen LogP contribution in [-0.2, 0) is 0 Å². The standard InChI is InChI=1S/C11H23FN2/c1-10(2)13-6-4-8-14-7-3-5-11(12)9-14/h10-11,13H,3-9H2,1-2H3. The largest absolute Gasteiger partial charge is 0.314 e. The molecule has 0 aliphatic carbocycles. The minimum Gasteiger partial charge on any atom is -0.314 e. The highest BCUT2D eigenvalue weighted by Gasteiger charge is 2.17. The fourth-order valence-corrected chi connectivity index (χ4v) is 1.90. The van der Waals surface area contributed by atoms with Gasteiger partial charge in [-0.15, -0.1) is 0 Å². The first-order chi connectivity index (χ1) is 6.68. The summed E-state index contributed by atoms with van der Waals surface area (Å²) in [6.45, 7) is 8.13. The van der Waals surface area contributed by atoms with Crippen molar-refractivity contribution in [2.24, 2.45) is 0 Å². The summed E-state index contributed by atoms with van der Waals surface area (Å²) >= 11 is 0. The summed E-state index contributed by atoms with van der Waals surface area (Å²) in [6.07, 6.45) is 2.34. The average Bonchev–Trinajstić information content (AvgIpc) is 2.12. The number of hydrogen-bond donors (Lipinski definition) is 1. The van der Waals surface area contributed by atoms with Crippen molar-refractivity contribution in [1.29, 1.82) is 0 Å². The third-order valence-corrected chi connectivity index (χ3v) is 2.65. The summed E-state index contributed by atoms with van der Waals surface area (Å²) in [5, 5.41) is 3.38. The molecule has 1 heterocycles. The van der Waals surface area contributed by atoms with Gasteiger partial charge in [-0.25, -0.2) is 4.39 Å². The van der Waals surface area contributed by atoms with Crippen molar-refractivity contribution in [1.82, 2.24) is 10.2 Å². The molecule has 2 nitrogen and oxygen atoms in total. The highest BCUT2D eigenvalue weighted by Crippen LogP contribution is 2.12. The van der Waals surface area contributed by atoms with E-state index in [0.717, 1.165) is 38.9 Å². The monoisotopic (exact) mass is 202 g/mol. The molecule has 1 atom stereocenters. The Bertz CT molecular complexity index is 150. The van der Waals surface area contributed by atoms with Crippen molar-refractivity contribution in [3.63, 3.8) is 0 Å². The van der Waals surface area contributed by atoms with Crippen molar-refractivity contribution >= 4 is 0 Å². The Morgan fingerprint density at radius 1 is 1.50 bits per heavy atom. The highest BCUT2D eigenvalue weighted by atomic mass is 19.1. The fraction of sp³-hybridized carbons (Fsp3) is 1.00. The Balaban J connectivity index is 2.00. The number of alkyl halides is 1. The van der Waals surface area contributed by atoms with Gasteiger partial charge in [0.2, 0.25) is 0 Å². The second-order valence-corrected chi connectivity index (χ2v) is 4.50. The minimum absolute atomic E-state index is 0.560. The van der Waals surface area contributed by atoms with Crippen LogP contribution in [0.2, 0.25) is 0 Å². The van der Waals surface area contributed by atoms with Gasteiger partial charge in [0.25, 0.3) is 0 Å². The molecule has 1 fully saturated rings. The van der Waals surface area contributed by atoms with Gasteiger partial charge in [-0.3, -0.25) is 0 Å². The Hall–Kier alpha value is -0.150. The first kappa shape index (κ1) is 11.9. The summed E-state index contributed by atoms with van der Waals surface area (Å²) in [6, 6.07) is 0.560. The predicted octanol–water partition coefficient (Wildman–Crippen LogP) is 1.81. The van der Waals surface area contributed by atoms with E-state index in [9.17, 15) is 4.39 Å². The van der Waals surface area contributed by atoms with E-state index in [1.807, 2.05) is 0 Å². The first-order valence-corrected chi connectivity index (χ1v) is 5.78. The number of piperidine rings is 1. The lowest BCUT2D eigenvalue weighted by atomic mass is 10.1. The van der Waals surface area contributed by atoms with Crippen LogP contribution in [-0.4, -0.2) is 43.3 Å². The number of rotatable bonds is 5. The Labute approximate surface area is 86.9 Å². The molecule has 0 radical (unpaired) electrons. The molecule has 0 bridgehead atoms. The topological polar surface area (TPSA) is 15.3 Å². The maximum absolute atomic E-state index is 13.0. The van der Waals surface area contributed by atoms with Crippen LogP contribution in [0.4, 0.5) is 4.39 Å². The van der Waals surface area contributed by atoms with Gasteiger partial charge < -0.3 is 10.2 Å². The molecule has 0 aromatic heterocycles. The van der Waals surface area contributed by atoms with Gasteiger partial charge in [-0.2, -0.15) is 0 Å². The second kappa shape index (κ2) is 6.36. The summed E-state index contributed by atoms with van der Waals surface area (Å²) in [5.41, 5.74) is 0. The SMILES string of the molecule is CC(C)NCCCN1CCCC(F)C1. The van der Waals surface area contributed by atoms with E-state index in [1.54, 1.807) is 0 Å². The molecule has 1 N–H and O–H groups in total. The number of likely N-dealkylation sites (tertiary alicyclic amines) is 1. The van der Waals surface area contributed by atoms with E-state index >= 15 is 0 Å². The van der Waals surface area contributed by atoms with Gasteiger partial charge in [0.05, 0.1) is 0 Å². The van der Waals surface area contributed by atoms with Crippen LogP contribution in [0, 0.1) is 0 Å². The molecule has 84 valence electrons.